The summed E-state index contributed by atoms with van der Waals surface area (Å²) in [5.74, 6) is 0.556. The predicted octanol–water partition coefficient (Wildman–Crippen LogP) is 3.02. The summed E-state index contributed by atoms with van der Waals surface area (Å²) < 4.78 is 5.16. The highest BCUT2D eigenvalue weighted by Gasteiger charge is 2.24. The second-order valence-corrected chi connectivity index (χ2v) is 6.85. The smallest absolute Gasteiger partial charge is 0.216 e. The Morgan fingerprint density at radius 3 is 2.67 bits per heavy atom. The number of methoxy groups -OCH3 is 1. The van der Waals surface area contributed by atoms with Gasteiger partial charge < -0.3 is 10.1 Å². The monoisotopic (exact) mass is 306 g/mol. The maximum Gasteiger partial charge on any atom is 0.216 e. The van der Waals surface area contributed by atoms with Gasteiger partial charge in [0.1, 0.15) is 17.0 Å². The molecule has 0 aromatic carbocycles. The molecule has 0 aliphatic carbocycles. The number of aromatic nitrogens is 3. The highest BCUT2D eigenvalue weighted by Crippen LogP contribution is 2.34. The highest BCUT2D eigenvalue weighted by atomic mass is 32.1. The van der Waals surface area contributed by atoms with E-state index in [0.717, 1.165) is 29.5 Å². The lowest BCUT2D eigenvalue weighted by atomic mass is 9.91. The normalized spacial score (nSPS) is 11.7. The molecule has 0 spiro atoms. The lowest BCUT2D eigenvalue weighted by Gasteiger charge is -2.17. The summed E-state index contributed by atoms with van der Waals surface area (Å²) in [6.45, 7) is 10.4. The molecular formula is C15H22N4OS. The van der Waals surface area contributed by atoms with Gasteiger partial charge in [-0.25, -0.2) is 15.0 Å². The van der Waals surface area contributed by atoms with E-state index in [4.69, 9.17) is 9.72 Å². The van der Waals surface area contributed by atoms with Gasteiger partial charge in [0.2, 0.25) is 5.88 Å². The first-order valence-electron chi connectivity index (χ1n) is 7.03. The van der Waals surface area contributed by atoms with Crippen molar-refractivity contribution in [1.29, 1.82) is 0 Å². The molecule has 0 radical (unpaired) electrons. The minimum Gasteiger partial charge on any atom is -0.481 e. The second kappa shape index (κ2) is 6.49. The van der Waals surface area contributed by atoms with Crippen LogP contribution in [0.1, 0.15) is 38.3 Å². The molecule has 0 atom stereocenters. The Balaban J connectivity index is 2.42. The van der Waals surface area contributed by atoms with E-state index in [0.29, 0.717) is 5.88 Å². The number of nitrogens with one attached hydrogen (secondary N) is 1. The molecular weight excluding hydrogens is 284 g/mol. The topological polar surface area (TPSA) is 59.9 Å². The van der Waals surface area contributed by atoms with Gasteiger partial charge in [-0.15, -0.1) is 11.3 Å². The molecule has 114 valence electrons. The average molecular weight is 306 g/mol. The van der Waals surface area contributed by atoms with E-state index >= 15 is 0 Å². The Morgan fingerprint density at radius 2 is 2.05 bits per heavy atom. The molecule has 2 aromatic heterocycles. The molecule has 6 heteroatoms. The molecule has 2 aromatic rings. The molecule has 21 heavy (non-hydrogen) atoms. The van der Waals surface area contributed by atoms with Crippen molar-refractivity contribution < 1.29 is 4.74 Å². The molecule has 2 rings (SSSR count). The third-order valence-electron chi connectivity index (χ3n) is 3.01. The molecule has 0 aliphatic heterocycles. The standard InChI is InChI=1S/C15H22N4OS/c1-6-16-8-11-13(15(2,3)4)19-14(21-11)10-7-12(20-5)18-9-17-10/h7,9,16H,6,8H2,1-5H3. The minimum atomic E-state index is 0.0105. The number of thiazole rings is 1. The van der Waals surface area contributed by atoms with Crippen LogP contribution < -0.4 is 10.1 Å². The first-order valence-corrected chi connectivity index (χ1v) is 7.84. The first-order chi connectivity index (χ1) is 9.95. The van der Waals surface area contributed by atoms with Crippen LogP contribution in [0.5, 0.6) is 5.88 Å². The van der Waals surface area contributed by atoms with Crippen LogP contribution in [0.3, 0.4) is 0 Å². The first kappa shape index (κ1) is 15.9. The van der Waals surface area contributed by atoms with Gasteiger partial charge in [-0.2, -0.15) is 0 Å². The minimum absolute atomic E-state index is 0.0105. The van der Waals surface area contributed by atoms with Gasteiger partial charge in [-0.1, -0.05) is 27.7 Å². The Hall–Kier alpha value is -1.53. The third kappa shape index (κ3) is 3.77. The highest BCUT2D eigenvalue weighted by molar-refractivity contribution is 7.15. The van der Waals surface area contributed by atoms with E-state index in [2.05, 4.69) is 43.0 Å². The van der Waals surface area contributed by atoms with Gasteiger partial charge in [0.05, 0.1) is 12.8 Å². The van der Waals surface area contributed by atoms with Crippen LogP contribution in [0, 0.1) is 0 Å². The number of rotatable bonds is 5. The van der Waals surface area contributed by atoms with E-state index in [-0.39, 0.29) is 5.41 Å². The van der Waals surface area contributed by atoms with Gasteiger partial charge in [0.25, 0.3) is 0 Å². The Kier molecular flexibility index (Phi) is 4.90. The fraction of sp³-hybridized carbons (Fsp3) is 0.533. The summed E-state index contributed by atoms with van der Waals surface area (Å²) in [5, 5.41) is 4.29. The summed E-state index contributed by atoms with van der Waals surface area (Å²) in [6, 6.07) is 1.82. The lowest BCUT2D eigenvalue weighted by Crippen LogP contribution is -2.18. The van der Waals surface area contributed by atoms with Crippen molar-refractivity contribution in [2.45, 2.75) is 39.7 Å². The molecule has 2 heterocycles. The molecule has 5 nitrogen and oxygen atoms in total. The fourth-order valence-electron chi connectivity index (χ4n) is 1.97. The van der Waals surface area contributed by atoms with E-state index in [1.54, 1.807) is 18.4 Å². The van der Waals surface area contributed by atoms with Crippen molar-refractivity contribution >= 4 is 11.3 Å². The van der Waals surface area contributed by atoms with Crippen molar-refractivity contribution in [1.82, 2.24) is 20.3 Å². The largest absolute Gasteiger partial charge is 0.481 e. The van der Waals surface area contributed by atoms with Gasteiger partial charge in [-0.05, 0) is 6.54 Å². The van der Waals surface area contributed by atoms with Crippen LogP contribution in [0.15, 0.2) is 12.4 Å². The van der Waals surface area contributed by atoms with Gasteiger partial charge in [-0.3, -0.25) is 0 Å². The van der Waals surface area contributed by atoms with E-state index in [1.165, 1.54) is 11.2 Å². The van der Waals surface area contributed by atoms with E-state index in [9.17, 15) is 0 Å². The maximum absolute atomic E-state index is 5.16. The van der Waals surface area contributed by atoms with Crippen molar-refractivity contribution in [3.63, 3.8) is 0 Å². The third-order valence-corrected chi connectivity index (χ3v) is 4.09. The van der Waals surface area contributed by atoms with E-state index < -0.39 is 0 Å². The summed E-state index contributed by atoms with van der Waals surface area (Å²) in [6.07, 6.45) is 1.51. The van der Waals surface area contributed by atoms with Crippen molar-refractivity contribution in [2.24, 2.45) is 0 Å². The van der Waals surface area contributed by atoms with Crippen LogP contribution in [0.4, 0.5) is 0 Å². The number of ether oxygens (including phenoxy) is 1. The van der Waals surface area contributed by atoms with Crippen molar-refractivity contribution in [3.05, 3.63) is 23.0 Å². The Labute approximate surface area is 129 Å². The molecule has 0 saturated heterocycles. The number of nitrogens with zero attached hydrogens (tertiary/aromatic N) is 3. The molecule has 0 amide bonds. The second-order valence-electron chi connectivity index (χ2n) is 5.77. The predicted molar refractivity (Wildman–Crippen MR) is 85.8 cm³/mol. The molecule has 0 aliphatic rings. The molecule has 0 fully saturated rings. The van der Waals surface area contributed by atoms with Crippen molar-refractivity contribution in [3.8, 4) is 16.6 Å². The fourth-order valence-corrected chi connectivity index (χ4v) is 3.18. The zero-order chi connectivity index (χ0) is 15.5. The maximum atomic E-state index is 5.16. The molecule has 0 unspecified atom stereocenters. The van der Waals surface area contributed by atoms with E-state index in [1.807, 2.05) is 6.07 Å². The summed E-state index contributed by atoms with van der Waals surface area (Å²) in [7, 11) is 1.60. The Morgan fingerprint density at radius 1 is 1.29 bits per heavy atom. The zero-order valence-electron chi connectivity index (χ0n) is 13.2. The number of hydrogen-bond donors (Lipinski definition) is 1. The van der Waals surface area contributed by atoms with Crippen LogP contribution in [-0.4, -0.2) is 28.6 Å². The summed E-state index contributed by atoms with van der Waals surface area (Å²) in [4.78, 5) is 14.4. The zero-order valence-corrected chi connectivity index (χ0v) is 14.0. The summed E-state index contributed by atoms with van der Waals surface area (Å²) in [5.41, 5.74) is 1.94. The van der Waals surface area contributed by atoms with Crippen molar-refractivity contribution in [2.75, 3.05) is 13.7 Å². The van der Waals surface area contributed by atoms with Crippen LogP contribution >= 0.6 is 11.3 Å². The SMILES string of the molecule is CCNCc1sc(-c2cc(OC)ncn2)nc1C(C)(C)C. The molecule has 0 bridgehead atoms. The number of hydrogen-bond acceptors (Lipinski definition) is 6. The quantitative estimate of drug-likeness (QED) is 0.920. The lowest BCUT2D eigenvalue weighted by molar-refractivity contribution is 0.397. The molecule has 1 N–H and O–H groups in total. The molecule has 0 saturated carbocycles. The van der Waals surface area contributed by atoms with Crippen LogP contribution in [-0.2, 0) is 12.0 Å². The van der Waals surface area contributed by atoms with Crippen LogP contribution in [0.25, 0.3) is 10.7 Å². The Bertz CT molecular complexity index is 604. The van der Waals surface area contributed by atoms with Gasteiger partial charge >= 0.3 is 0 Å². The average Bonchev–Trinajstić information content (AvgIpc) is 2.89. The van der Waals surface area contributed by atoms with Gasteiger partial charge in [0.15, 0.2) is 0 Å². The van der Waals surface area contributed by atoms with Gasteiger partial charge in [0, 0.05) is 22.9 Å². The summed E-state index contributed by atoms with van der Waals surface area (Å²) >= 11 is 1.68. The van der Waals surface area contributed by atoms with Crippen LogP contribution in [0.2, 0.25) is 0 Å².